The summed E-state index contributed by atoms with van der Waals surface area (Å²) in [7, 11) is 3.92. The van der Waals surface area contributed by atoms with Crippen LogP contribution in [0.3, 0.4) is 0 Å². The van der Waals surface area contributed by atoms with Crippen molar-refractivity contribution in [2.75, 3.05) is 23.9 Å². The summed E-state index contributed by atoms with van der Waals surface area (Å²) in [5.74, 6) is -1.35. The third kappa shape index (κ3) is 4.01. The van der Waals surface area contributed by atoms with Gasteiger partial charge >= 0.3 is 6.03 Å². The van der Waals surface area contributed by atoms with Crippen LogP contribution in [-0.2, 0) is 9.59 Å². The molecule has 0 bridgehead atoms. The average Bonchev–Trinajstić information content (AvgIpc) is 2.66. The zero-order valence-electron chi connectivity index (χ0n) is 16.0. The monoisotopic (exact) mass is 375 g/mol. The van der Waals surface area contributed by atoms with Crippen LogP contribution in [0.4, 0.5) is 16.2 Å². The summed E-state index contributed by atoms with van der Waals surface area (Å²) in [6, 6.07) is 14.0. The van der Waals surface area contributed by atoms with E-state index in [0.717, 1.165) is 21.7 Å². The number of barbiturate groups is 1. The Kier molecular flexibility index (Phi) is 5.40. The maximum Gasteiger partial charge on any atom is 0.335 e. The van der Waals surface area contributed by atoms with Crippen LogP contribution in [0.1, 0.15) is 11.1 Å². The van der Waals surface area contributed by atoms with Crippen molar-refractivity contribution in [1.82, 2.24) is 5.32 Å². The molecule has 6 heteroatoms. The lowest BCUT2D eigenvalue weighted by atomic mass is 10.1. The molecule has 1 saturated heterocycles. The number of carbonyl (C=O) groups is 3. The molecule has 0 spiro atoms. The standard InChI is InChI=1S/C22H21N3O3/c1-15-7-11-18(12-8-15)25-21(27)19(20(26)23-22(25)28)6-4-5-16-9-13-17(14-10-16)24(2)3/h4-14H,1-3H3,(H,23,26,28)/b5-4+,19-6+. The Balaban J connectivity index is 1.83. The molecule has 0 saturated carbocycles. The summed E-state index contributed by atoms with van der Waals surface area (Å²) in [5, 5.41) is 2.21. The van der Waals surface area contributed by atoms with Gasteiger partial charge in [-0.15, -0.1) is 0 Å². The van der Waals surface area contributed by atoms with E-state index in [4.69, 9.17) is 0 Å². The first-order valence-corrected chi connectivity index (χ1v) is 8.79. The van der Waals surface area contributed by atoms with E-state index in [2.05, 4.69) is 5.32 Å². The van der Waals surface area contributed by atoms with Crippen LogP contribution >= 0.6 is 0 Å². The fourth-order valence-corrected chi connectivity index (χ4v) is 2.74. The summed E-state index contributed by atoms with van der Waals surface area (Å²) in [4.78, 5) is 40.0. The summed E-state index contributed by atoms with van der Waals surface area (Å²) in [6.07, 6.45) is 4.84. The van der Waals surface area contributed by atoms with Crippen LogP contribution in [0, 0.1) is 6.92 Å². The molecule has 0 radical (unpaired) electrons. The van der Waals surface area contributed by atoms with Crippen LogP contribution in [0.2, 0.25) is 0 Å². The largest absolute Gasteiger partial charge is 0.378 e. The first-order valence-electron chi connectivity index (χ1n) is 8.79. The molecule has 2 aromatic rings. The van der Waals surface area contributed by atoms with Gasteiger partial charge in [-0.2, -0.15) is 0 Å². The van der Waals surface area contributed by atoms with Crippen molar-refractivity contribution in [1.29, 1.82) is 0 Å². The average molecular weight is 375 g/mol. The van der Waals surface area contributed by atoms with E-state index in [9.17, 15) is 14.4 Å². The number of urea groups is 1. The number of hydrogen-bond donors (Lipinski definition) is 1. The Bertz CT molecular complexity index is 971. The molecule has 1 fully saturated rings. The normalized spacial score (nSPS) is 16.0. The van der Waals surface area contributed by atoms with E-state index in [-0.39, 0.29) is 5.57 Å². The molecule has 0 aromatic heterocycles. The Labute approximate surface area is 163 Å². The van der Waals surface area contributed by atoms with Gasteiger partial charge in [0.1, 0.15) is 5.57 Å². The number of carbonyl (C=O) groups excluding carboxylic acids is 3. The lowest BCUT2D eigenvalue weighted by Gasteiger charge is -2.26. The lowest BCUT2D eigenvalue weighted by Crippen LogP contribution is -2.54. The minimum Gasteiger partial charge on any atom is -0.378 e. The number of allylic oxidation sites excluding steroid dienone is 2. The molecule has 1 heterocycles. The van der Waals surface area contributed by atoms with Crippen molar-refractivity contribution in [3.8, 4) is 0 Å². The van der Waals surface area contributed by atoms with Gasteiger partial charge in [-0.25, -0.2) is 9.69 Å². The Morgan fingerprint density at radius 2 is 1.57 bits per heavy atom. The van der Waals surface area contributed by atoms with Crippen molar-refractivity contribution in [3.05, 3.63) is 77.4 Å². The maximum absolute atomic E-state index is 12.7. The predicted molar refractivity (Wildman–Crippen MR) is 110 cm³/mol. The molecule has 4 amide bonds. The first-order chi connectivity index (χ1) is 13.4. The van der Waals surface area contributed by atoms with Crippen LogP contribution in [0.5, 0.6) is 0 Å². The summed E-state index contributed by atoms with van der Waals surface area (Å²) >= 11 is 0. The SMILES string of the molecule is Cc1ccc(N2C(=O)NC(=O)/C(=C\C=C\c3ccc(N(C)C)cc3)C2=O)cc1. The third-order valence-corrected chi connectivity index (χ3v) is 4.35. The number of benzene rings is 2. The topological polar surface area (TPSA) is 69.7 Å². The highest BCUT2D eigenvalue weighted by Crippen LogP contribution is 2.21. The second-order valence-electron chi connectivity index (χ2n) is 6.66. The van der Waals surface area contributed by atoms with Crippen LogP contribution < -0.4 is 15.1 Å². The quantitative estimate of drug-likeness (QED) is 0.658. The van der Waals surface area contributed by atoms with Crippen LogP contribution in [-0.4, -0.2) is 31.9 Å². The van der Waals surface area contributed by atoms with Gasteiger partial charge in [0.2, 0.25) is 0 Å². The second-order valence-corrected chi connectivity index (χ2v) is 6.66. The van der Waals surface area contributed by atoms with Gasteiger partial charge in [-0.05, 0) is 42.8 Å². The predicted octanol–water partition coefficient (Wildman–Crippen LogP) is 3.28. The molecule has 28 heavy (non-hydrogen) atoms. The third-order valence-electron chi connectivity index (χ3n) is 4.35. The smallest absolute Gasteiger partial charge is 0.335 e. The van der Waals surface area contributed by atoms with Gasteiger partial charge < -0.3 is 4.90 Å². The number of hydrogen-bond acceptors (Lipinski definition) is 4. The molecule has 1 aliphatic heterocycles. The lowest BCUT2D eigenvalue weighted by molar-refractivity contribution is -0.122. The number of aryl methyl sites for hydroxylation is 1. The summed E-state index contributed by atoms with van der Waals surface area (Å²) < 4.78 is 0. The fraction of sp³-hybridized carbons (Fsp3) is 0.136. The van der Waals surface area contributed by atoms with Gasteiger partial charge in [0.05, 0.1) is 5.69 Å². The van der Waals surface area contributed by atoms with Gasteiger partial charge in [-0.1, -0.05) is 42.0 Å². The Hall–Kier alpha value is -3.67. The zero-order valence-corrected chi connectivity index (χ0v) is 16.0. The van der Waals surface area contributed by atoms with Crippen molar-refractivity contribution < 1.29 is 14.4 Å². The molecular weight excluding hydrogens is 354 g/mol. The van der Waals surface area contributed by atoms with Crippen LogP contribution in [0.25, 0.3) is 6.08 Å². The number of nitrogens with one attached hydrogen (secondary N) is 1. The van der Waals surface area contributed by atoms with Crippen molar-refractivity contribution >= 4 is 35.3 Å². The van der Waals surface area contributed by atoms with E-state index in [1.807, 2.05) is 50.2 Å². The van der Waals surface area contributed by atoms with E-state index in [1.54, 1.807) is 36.4 Å². The number of rotatable bonds is 4. The molecule has 0 aliphatic carbocycles. The molecular formula is C22H21N3O3. The maximum atomic E-state index is 12.7. The summed E-state index contributed by atoms with van der Waals surface area (Å²) in [5.41, 5.74) is 3.32. The highest BCUT2D eigenvalue weighted by atomic mass is 16.2. The van der Waals surface area contributed by atoms with E-state index in [1.165, 1.54) is 6.08 Å². The highest BCUT2D eigenvalue weighted by Gasteiger charge is 2.36. The van der Waals surface area contributed by atoms with Crippen LogP contribution in [0.15, 0.2) is 66.3 Å². The molecule has 1 aliphatic rings. The minimum atomic E-state index is -0.751. The van der Waals surface area contributed by atoms with Crippen molar-refractivity contribution in [2.45, 2.75) is 6.92 Å². The van der Waals surface area contributed by atoms with Gasteiger partial charge in [0.25, 0.3) is 11.8 Å². The van der Waals surface area contributed by atoms with E-state index >= 15 is 0 Å². The Morgan fingerprint density at radius 3 is 2.18 bits per heavy atom. The van der Waals surface area contributed by atoms with Gasteiger partial charge in [0, 0.05) is 19.8 Å². The number of nitrogens with zero attached hydrogens (tertiary/aromatic N) is 2. The van der Waals surface area contributed by atoms with Gasteiger partial charge in [0.15, 0.2) is 0 Å². The van der Waals surface area contributed by atoms with Crippen molar-refractivity contribution in [2.24, 2.45) is 0 Å². The van der Waals surface area contributed by atoms with Gasteiger partial charge in [-0.3, -0.25) is 14.9 Å². The molecule has 0 unspecified atom stereocenters. The highest BCUT2D eigenvalue weighted by molar-refractivity contribution is 6.37. The zero-order chi connectivity index (χ0) is 20.3. The minimum absolute atomic E-state index is 0.0960. The molecule has 6 nitrogen and oxygen atoms in total. The van der Waals surface area contributed by atoms with Crippen molar-refractivity contribution in [3.63, 3.8) is 0 Å². The Morgan fingerprint density at radius 1 is 0.929 bits per heavy atom. The summed E-state index contributed by atoms with van der Waals surface area (Å²) in [6.45, 7) is 1.91. The number of imide groups is 2. The molecule has 142 valence electrons. The fourth-order valence-electron chi connectivity index (χ4n) is 2.74. The first kappa shape index (κ1) is 19.1. The molecule has 2 aromatic carbocycles. The molecule has 1 N–H and O–H groups in total. The second kappa shape index (κ2) is 7.92. The van der Waals surface area contributed by atoms with E-state index < -0.39 is 17.8 Å². The molecule has 3 rings (SSSR count). The molecule has 0 atom stereocenters. The van der Waals surface area contributed by atoms with E-state index in [0.29, 0.717) is 5.69 Å². The number of amides is 4. The number of anilines is 2.